The van der Waals surface area contributed by atoms with Crippen LogP contribution < -0.4 is 5.32 Å². The van der Waals surface area contributed by atoms with Gasteiger partial charge in [0, 0.05) is 16.4 Å². The molecule has 1 amide bonds. The normalized spacial score (nSPS) is 15.7. The van der Waals surface area contributed by atoms with Crippen LogP contribution in [0.25, 0.3) is 0 Å². The fourth-order valence-corrected chi connectivity index (χ4v) is 2.96. The Hall–Kier alpha value is -1.89. The zero-order valence-corrected chi connectivity index (χ0v) is 12.7. The minimum Gasteiger partial charge on any atom is -0.408 e. The first-order valence-corrected chi connectivity index (χ1v) is 8.01. The molecule has 0 saturated heterocycles. The molecule has 0 radical (unpaired) electrons. The number of amides is 1. The quantitative estimate of drug-likeness (QED) is 0.907. The second-order valence-corrected chi connectivity index (χ2v) is 5.97. The van der Waals surface area contributed by atoms with E-state index >= 15 is 0 Å². The Labute approximate surface area is 132 Å². The Morgan fingerprint density at radius 3 is 2.86 bits per heavy atom. The minimum atomic E-state index is -0.394. The number of hydrogen-bond acceptors (Lipinski definition) is 5. The van der Waals surface area contributed by atoms with Crippen molar-refractivity contribution in [2.75, 3.05) is 5.32 Å². The van der Waals surface area contributed by atoms with Crippen LogP contribution in [-0.2, 0) is 0 Å². The van der Waals surface area contributed by atoms with E-state index in [2.05, 4.69) is 15.5 Å². The van der Waals surface area contributed by atoms with Crippen LogP contribution in [0.15, 0.2) is 33.6 Å². The molecule has 1 aromatic heterocycles. The van der Waals surface area contributed by atoms with Gasteiger partial charge in [0.25, 0.3) is 5.91 Å². The summed E-state index contributed by atoms with van der Waals surface area (Å²) in [5.41, 5.74) is 0.347. The van der Waals surface area contributed by atoms with Crippen molar-refractivity contribution in [3.63, 3.8) is 0 Å². The maximum absolute atomic E-state index is 12.5. The minimum absolute atomic E-state index is 0.0869. The molecule has 1 saturated carbocycles. The summed E-state index contributed by atoms with van der Waals surface area (Å²) >= 11 is 0.0982. The lowest BCUT2D eigenvalue weighted by Crippen LogP contribution is -2.12. The van der Waals surface area contributed by atoms with Gasteiger partial charge in [-0.05, 0) is 31.0 Å². The van der Waals surface area contributed by atoms with E-state index in [9.17, 15) is 8.68 Å². The summed E-state index contributed by atoms with van der Waals surface area (Å²) in [5, 5.41) is 10.5. The van der Waals surface area contributed by atoms with Gasteiger partial charge in [-0.25, -0.2) is 0 Å². The molecule has 116 valence electrons. The number of aromatic nitrogens is 2. The Morgan fingerprint density at radius 1 is 1.27 bits per heavy atom. The number of rotatable bonds is 4. The van der Waals surface area contributed by atoms with Crippen LogP contribution in [0.5, 0.6) is 0 Å². The first-order valence-electron chi connectivity index (χ1n) is 7.29. The molecule has 1 fully saturated rings. The van der Waals surface area contributed by atoms with Crippen LogP contribution in [0.4, 0.5) is 9.90 Å². The van der Waals surface area contributed by atoms with E-state index in [1.165, 1.54) is 25.3 Å². The Balaban J connectivity index is 1.67. The van der Waals surface area contributed by atoms with Crippen molar-refractivity contribution in [2.24, 2.45) is 0 Å². The van der Waals surface area contributed by atoms with Crippen LogP contribution in [0, 0.1) is 0 Å². The van der Waals surface area contributed by atoms with Crippen LogP contribution in [-0.4, -0.2) is 16.1 Å². The topological polar surface area (TPSA) is 68.0 Å². The fraction of sp³-hybridized carbons (Fsp3) is 0.400. The van der Waals surface area contributed by atoms with Crippen molar-refractivity contribution in [1.82, 2.24) is 10.2 Å². The molecule has 7 heteroatoms. The number of anilines is 1. The number of hydrogen-bond donors (Lipinski definition) is 1. The Morgan fingerprint density at radius 2 is 2.09 bits per heavy atom. The number of halogens is 1. The number of nitrogens with zero attached hydrogens (tertiary/aromatic N) is 2. The van der Waals surface area contributed by atoms with Crippen molar-refractivity contribution in [2.45, 2.75) is 42.9 Å². The molecule has 22 heavy (non-hydrogen) atoms. The highest BCUT2D eigenvalue weighted by Gasteiger charge is 2.22. The molecule has 2 aromatic rings. The second-order valence-electron chi connectivity index (χ2n) is 5.34. The van der Waals surface area contributed by atoms with Gasteiger partial charge >= 0.3 is 6.01 Å². The van der Waals surface area contributed by atoms with Crippen molar-refractivity contribution in [3.8, 4) is 0 Å². The number of carbonyl (C=O) groups is 1. The van der Waals surface area contributed by atoms with Crippen molar-refractivity contribution in [3.05, 3.63) is 35.7 Å². The summed E-state index contributed by atoms with van der Waals surface area (Å²) in [7, 11) is 0. The molecular weight excluding hydrogens is 305 g/mol. The highest BCUT2D eigenvalue weighted by molar-refractivity contribution is 7.94. The van der Waals surface area contributed by atoms with E-state index in [0.717, 1.165) is 12.8 Å². The molecule has 0 aliphatic heterocycles. The number of carbonyl (C=O) groups excluding carboxylic acids is 1. The molecule has 1 aliphatic carbocycles. The lowest BCUT2D eigenvalue weighted by atomic mass is 9.89. The van der Waals surface area contributed by atoms with E-state index in [1.807, 2.05) is 0 Å². The largest absolute Gasteiger partial charge is 0.408 e. The summed E-state index contributed by atoms with van der Waals surface area (Å²) in [6.45, 7) is 0. The van der Waals surface area contributed by atoms with E-state index in [4.69, 9.17) is 4.42 Å². The third-order valence-electron chi connectivity index (χ3n) is 3.80. The summed E-state index contributed by atoms with van der Waals surface area (Å²) in [6, 6.07) is 6.38. The van der Waals surface area contributed by atoms with Gasteiger partial charge in [-0.15, -0.1) is 5.10 Å². The monoisotopic (exact) mass is 321 g/mol. The molecule has 3 rings (SSSR count). The molecule has 1 aromatic carbocycles. The molecule has 1 N–H and O–H groups in total. The molecule has 0 spiro atoms. The smallest absolute Gasteiger partial charge is 0.322 e. The third-order valence-corrected chi connectivity index (χ3v) is 4.23. The van der Waals surface area contributed by atoms with Gasteiger partial charge < -0.3 is 4.42 Å². The lowest BCUT2D eigenvalue weighted by Gasteiger charge is -2.17. The third kappa shape index (κ3) is 3.47. The van der Waals surface area contributed by atoms with Gasteiger partial charge in [0.1, 0.15) is 0 Å². The zero-order valence-electron chi connectivity index (χ0n) is 11.9. The van der Waals surface area contributed by atoms with E-state index in [-0.39, 0.29) is 24.1 Å². The predicted octanol–water partition coefficient (Wildman–Crippen LogP) is 4.35. The van der Waals surface area contributed by atoms with Crippen LogP contribution in [0.3, 0.4) is 0 Å². The van der Waals surface area contributed by atoms with Crippen molar-refractivity contribution >= 4 is 24.1 Å². The maximum Gasteiger partial charge on any atom is 0.322 e. The first kappa shape index (κ1) is 15.0. The fourth-order valence-electron chi connectivity index (χ4n) is 2.65. The molecule has 0 bridgehead atoms. The van der Waals surface area contributed by atoms with E-state index in [1.54, 1.807) is 18.2 Å². The van der Waals surface area contributed by atoms with E-state index < -0.39 is 5.91 Å². The highest BCUT2D eigenvalue weighted by Crippen LogP contribution is 2.32. The highest BCUT2D eigenvalue weighted by atomic mass is 32.2. The summed E-state index contributed by atoms with van der Waals surface area (Å²) < 4.78 is 18.1. The van der Waals surface area contributed by atoms with Gasteiger partial charge in [-0.3, -0.25) is 10.1 Å². The average Bonchev–Trinajstić information content (AvgIpc) is 3.04. The molecule has 1 aliphatic rings. The molecule has 0 unspecified atom stereocenters. The van der Waals surface area contributed by atoms with Gasteiger partial charge in [0.2, 0.25) is 5.89 Å². The van der Waals surface area contributed by atoms with Gasteiger partial charge in [-0.1, -0.05) is 30.4 Å². The maximum atomic E-state index is 12.5. The van der Waals surface area contributed by atoms with Gasteiger partial charge in [0.05, 0.1) is 12.1 Å². The average molecular weight is 321 g/mol. The summed E-state index contributed by atoms with van der Waals surface area (Å²) in [5.74, 6) is 0.482. The number of benzene rings is 1. The molecular formula is C15H16FN3O2S. The molecule has 0 atom stereocenters. The van der Waals surface area contributed by atoms with Crippen LogP contribution in [0.2, 0.25) is 0 Å². The number of nitrogens with one attached hydrogen (secondary N) is 1. The standard InChI is InChI=1S/C15H16FN3O2S/c16-22-12-8-4-7-11(9-12)13(20)17-15-19-18-14(21-15)10-5-2-1-3-6-10/h4,7-10H,1-3,5-6H2,(H,17,19,20). The zero-order chi connectivity index (χ0) is 15.4. The molecule has 1 heterocycles. The van der Waals surface area contributed by atoms with Gasteiger partial charge in [0.15, 0.2) is 0 Å². The predicted molar refractivity (Wildman–Crippen MR) is 81.5 cm³/mol. The van der Waals surface area contributed by atoms with Crippen molar-refractivity contribution in [1.29, 1.82) is 0 Å². The molecule has 5 nitrogen and oxygen atoms in total. The SMILES string of the molecule is O=C(Nc1nnc(C2CCCCC2)o1)c1cccc(SF)c1. The summed E-state index contributed by atoms with van der Waals surface area (Å²) in [6.07, 6.45) is 5.68. The Kier molecular flexibility index (Phi) is 4.72. The van der Waals surface area contributed by atoms with Gasteiger partial charge in [-0.2, -0.15) is 3.89 Å². The van der Waals surface area contributed by atoms with E-state index in [0.29, 0.717) is 16.3 Å². The summed E-state index contributed by atoms with van der Waals surface area (Å²) in [4.78, 5) is 12.5. The lowest BCUT2D eigenvalue weighted by molar-refractivity contribution is 0.102. The second kappa shape index (κ2) is 6.91. The van der Waals surface area contributed by atoms with Crippen molar-refractivity contribution < 1.29 is 13.1 Å². The van der Waals surface area contributed by atoms with Crippen LogP contribution in [0.1, 0.15) is 54.3 Å². The first-order chi connectivity index (χ1) is 10.8. The Bertz CT molecular complexity index is 656. The van der Waals surface area contributed by atoms with Crippen LogP contribution >= 0.6 is 12.1 Å².